The van der Waals surface area contributed by atoms with Crippen molar-refractivity contribution < 1.29 is 8.42 Å². The molecule has 106 valence electrons. The third-order valence-electron chi connectivity index (χ3n) is 3.49. The van der Waals surface area contributed by atoms with Gasteiger partial charge >= 0.3 is 0 Å². The maximum atomic E-state index is 11.5. The zero-order chi connectivity index (χ0) is 13.7. The van der Waals surface area contributed by atoms with E-state index in [1.807, 2.05) is 12.1 Å². The summed E-state index contributed by atoms with van der Waals surface area (Å²) in [7, 11) is -2.85. The summed E-state index contributed by atoms with van der Waals surface area (Å²) in [4.78, 5) is 2.29. The number of para-hydroxylation sites is 2. The van der Waals surface area contributed by atoms with Gasteiger partial charge < -0.3 is 10.2 Å². The minimum absolute atomic E-state index is 0.241. The van der Waals surface area contributed by atoms with Crippen LogP contribution in [0.5, 0.6) is 0 Å². The summed E-state index contributed by atoms with van der Waals surface area (Å²) < 4.78 is 23.0. The smallest absolute Gasteiger partial charge is 0.150 e. The van der Waals surface area contributed by atoms with Crippen LogP contribution in [-0.2, 0) is 9.84 Å². The molecule has 2 rings (SSSR count). The minimum atomic E-state index is -2.85. The molecule has 0 atom stereocenters. The topological polar surface area (TPSA) is 49.4 Å². The highest BCUT2D eigenvalue weighted by atomic mass is 32.2. The van der Waals surface area contributed by atoms with E-state index in [9.17, 15) is 8.42 Å². The Morgan fingerprint density at radius 3 is 2.89 bits per heavy atom. The maximum absolute atomic E-state index is 11.5. The predicted molar refractivity (Wildman–Crippen MR) is 80.7 cm³/mol. The fourth-order valence-corrected chi connectivity index (χ4v) is 3.22. The Labute approximate surface area is 115 Å². The van der Waals surface area contributed by atoms with E-state index in [1.165, 1.54) is 5.69 Å². The fraction of sp³-hybridized carbons (Fsp3) is 0.571. The highest BCUT2D eigenvalue weighted by Crippen LogP contribution is 2.27. The number of nitrogens with one attached hydrogen (secondary N) is 1. The standard InChI is InChI=1S/C14H22N2O2S/c1-2-19(17,18)12-6-11-16-10-5-9-15-13-7-3-4-8-14(13)16/h3-4,7-8,15H,2,5-6,9-12H2,1H3. The Morgan fingerprint density at radius 2 is 2.11 bits per heavy atom. The highest BCUT2D eigenvalue weighted by molar-refractivity contribution is 7.91. The average Bonchev–Trinajstić information content (AvgIpc) is 2.61. The van der Waals surface area contributed by atoms with E-state index < -0.39 is 9.84 Å². The van der Waals surface area contributed by atoms with E-state index in [0.717, 1.165) is 31.7 Å². The lowest BCUT2D eigenvalue weighted by Gasteiger charge is -2.24. The number of hydrogen-bond acceptors (Lipinski definition) is 4. The summed E-state index contributed by atoms with van der Waals surface area (Å²) in [5, 5.41) is 3.41. The molecule has 0 fully saturated rings. The highest BCUT2D eigenvalue weighted by Gasteiger charge is 2.15. The Hall–Kier alpha value is -1.23. The third kappa shape index (κ3) is 3.86. The van der Waals surface area contributed by atoms with Crippen LogP contribution < -0.4 is 10.2 Å². The predicted octanol–water partition coefficient (Wildman–Crippen LogP) is 2.13. The zero-order valence-electron chi connectivity index (χ0n) is 11.4. The van der Waals surface area contributed by atoms with Crippen molar-refractivity contribution in [3.05, 3.63) is 24.3 Å². The molecule has 5 heteroatoms. The van der Waals surface area contributed by atoms with Crippen LogP contribution >= 0.6 is 0 Å². The summed E-state index contributed by atoms with van der Waals surface area (Å²) >= 11 is 0. The Bertz CT molecular complexity index is 514. The van der Waals surface area contributed by atoms with Gasteiger partial charge in [0.2, 0.25) is 0 Å². The molecule has 0 spiro atoms. The van der Waals surface area contributed by atoms with E-state index in [2.05, 4.69) is 22.3 Å². The maximum Gasteiger partial charge on any atom is 0.150 e. The second-order valence-electron chi connectivity index (χ2n) is 4.87. The van der Waals surface area contributed by atoms with Crippen molar-refractivity contribution in [1.29, 1.82) is 0 Å². The molecule has 0 unspecified atom stereocenters. The van der Waals surface area contributed by atoms with Crippen molar-refractivity contribution in [2.24, 2.45) is 0 Å². The molecule has 0 saturated carbocycles. The number of benzene rings is 1. The summed E-state index contributed by atoms with van der Waals surface area (Å²) in [6, 6.07) is 8.23. The molecule has 19 heavy (non-hydrogen) atoms. The van der Waals surface area contributed by atoms with Crippen molar-refractivity contribution in [2.45, 2.75) is 19.8 Å². The minimum Gasteiger partial charge on any atom is -0.383 e. The van der Waals surface area contributed by atoms with Gasteiger partial charge in [0.1, 0.15) is 9.84 Å². The Kier molecular flexibility index (Phi) is 4.69. The Morgan fingerprint density at radius 1 is 1.32 bits per heavy atom. The first-order valence-corrected chi connectivity index (χ1v) is 8.73. The molecule has 4 nitrogen and oxygen atoms in total. The zero-order valence-corrected chi connectivity index (χ0v) is 12.2. The van der Waals surface area contributed by atoms with E-state index in [0.29, 0.717) is 6.42 Å². The van der Waals surface area contributed by atoms with Gasteiger partial charge in [-0.1, -0.05) is 19.1 Å². The molecule has 1 aliphatic heterocycles. The first kappa shape index (κ1) is 14.2. The van der Waals surface area contributed by atoms with Crippen LogP contribution in [0, 0.1) is 0 Å². The van der Waals surface area contributed by atoms with Gasteiger partial charge in [0.25, 0.3) is 0 Å². The molecule has 1 aliphatic rings. The summed E-state index contributed by atoms with van der Waals surface area (Å²) in [5.41, 5.74) is 2.34. The van der Waals surface area contributed by atoms with Crippen LogP contribution in [0.15, 0.2) is 24.3 Å². The largest absolute Gasteiger partial charge is 0.383 e. The van der Waals surface area contributed by atoms with Crippen molar-refractivity contribution in [3.63, 3.8) is 0 Å². The number of anilines is 2. The molecule has 0 radical (unpaired) electrons. The molecule has 1 aromatic rings. The average molecular weight is 282 g/mol. The van der Waals surface area contributed by atoms with E-state index >= 15 is 0 Å². The molecule has 0 saturated heterocycles. The van der Waals surface area contributed by atoms with Gasteiger partial charge in [-0.3, -0.25) is 0 Å². The third-order valence-corrected chi connectivity index (χ3v) is 5.28. The monoisotopic (exact) mass is 282 g/mol. The van der Waals surface area contributed by atoms with E-state index in [4.69, 9.17) is 0 Å². The van der Waals surface area contributed by atoms with Gasteiger partial charge in [-0.2, -0.15) is 0 Å². The van der Waals surface area contributed by atoms with Gasteiger partial charge in [0.15, 0.2) is 0 Å². The molecule has 0 aliphatic carbocycles. The van der Waals surface area contributed by atoms with Gasteiger partial charge in [-0.15, -0.1) is 0 Å². The number of fused-ring (bicyclic) bond motifs is 1. The van der Waals surface area contributed by atoms with Crippen LogP contribution in [0.25, 0.3) is 0 Å². The molecule has 1 aromatic carbocycles. The van der Waals surface area contributed by atoms with Crippen LogP contribution in [-0.4, -0.2) is 39.6 Å². The number of nitrogens with zero attached hydrogens (tertiary/aromatic N) is 1. The number of rotatable bonds is 5. The lowest BCUT2D eigenvalue weighted by atomic mass is 10.2. The second kappa shape index (κ2) is 6.28. The van der Waals surface area contributed by atoms with Crippen LogP contribution in [0.3, 0.4) is 0 Å². The second-order valence-corrected chi connectivity index (χ2v) is 7.35. The number of hydrogen-bond donors (Lipinski definition) is 1. The van der Waals surface area contributed by atoms with Gasteiger partial charge in [0, 0.05) is 25.4 Å². The van der Waals surface area contributed by atoms with Crippen LogP contribution in [0.2, 0.25) is 0 Å². The lowest BCUT2D eigenvalue weighted by molar-refractivity contribution is 0.593. The molecule has 1 heterocycles. The normalized spacial score (nSPS) is 15.5. The van der Waals surface area contributed by atoms with Gasteiger partial charge in [0.05, 0.1) is 17.1 Å². The van der Waals surface area contributed by atoms with Gasteiger partial charge in [-0.05, 0) is 25.0 Å². The van der Waals surface area contributed by atoms with Crippen molar-refractivity contribution in [1.82, 2.24) is 0 Å². The SMILES string of the molecule is CCS(=O)(=O)CCCN1CCCNc2ccccc21. The van der Waals surface area contributed by atoms with Crippen LogP contribution in [0.4, 0.5) is 11.4 Å². The summed E-state index contributed by atoms with van der Waals surface area (Å²) in [6.45, 7) is 4.47. The van der Waals surface area contributed by atoms with E-state index in [-0.39, 0.29) is 11.5 Å². The summed E-state index contributed by atoms with van der Waals surface area (Å²) in [5.74, 6) is 0.529. The van der Waals surface area contributed by atoms with Crippen molar-refractivity contribution in [2.75, 3.05) is 41.4 Å². The molecular weight excluding hydrogens is 260 g/mol. The van der Waals surface area contributed by atoms with E-state index in [1.54, 1.807) is 6.92 Å². The fourth-order valence-electron chi connectivity index (χ4n) is 2.36. The van der Waals surface area contributed by atoms with Crippen molar-refractivity contribution in [3.8, 4) is 0 Å². The Balaban J connectivity index is 2.00. The van der Waals surface area contributed by atoms with Crippen molar-refractivity contribution >= 4 is 21.2 Å². The molecular formula is C14H22N2O2S. The molecule has 0 amide bonds. The quantitative estimate of drug-likeness (QED) is 0.899. The summed E-state index contributed by atoms with van der Waals surface area (Å²) in [6.07, 6.45) is 1.78. The first-order valence-electron chi connectivity index (χ1n) is 6.90. The van der Waals surface area contributed by atoms with Crippen LogP contribution in [0.1, 0.15) is 19.8 Å². The number of sulfone groups is 1. The first-order chi connectivity index (χ1) is 9.12. The lowest BCUT2D eigenvalue weighted by Crippen LogP contribution is -2.27. The molecule has 1 N–H and O–H groups in total. The van der Waals surface area contributed by atoms with Gasteiger partial charge in [-0.25, -0.2) is 8.42 Å². The molecule has 0 bridgehead atoms. The molecule has 0 aromatic heterocycles.